The molecule has 18 heavy (non-hydrogen) atoms. The average molecular weight is 265 g/mol. The molecule has 106 valence electrons. The van der Waals surface area contributed by atoms with Crippen LogP contribution >= 0.6 is 0 Å². The van der Waals surface area contributed by atoms with E-state index in [4.69, 9.17) is 26.2 Å². The molecule has 2 unspecified atom stereocenters. The van der Waals surface area contributed by atoms with Gasteiger partial charge < -0.3 is 26.2 Å². The maximum Gasteiger partial charge on any atom is 0.335 e. The van der Waals surface area contributed by atoms with Crippen LogP contribution in [-0.2, 0) is 14.4 Å². The molecule has 0 spiro atoms. The highest BCUT2D eigenvalue weighted by molar-refractivity contribution is 5.83. The number of aliphatic carboxylic acids is 2. The zero-order valence-corrected chi connectivity index (χ0v) is 10.1. The third-order valence-electron chi connectivity index (χ3n) is 1.83. The van der Waals surface area contributed by atoms with Crippen LogP contribution in [0.5, 0.6) is 0 Å². The van der Waals surface area contributed by atoms with Crippen molar-refractivity contribution in [2.24, 2.45) is 5.73 Å². The highest BCUT2D eigenvalue weighted by Gasteiger charge is 2.29. The number of hydrogen-bond donors (Lipinski definition) is 5. The van der Waals surface area contributed by atoms with Crippen molar-refractivity contribution in [1.29, 1.82) is 0 Å². The van der Waals surface area contributed by atoms with Crippen molar-refractivity contribution in [3.63, 3.8) is 0 Å². The number of carbonyl (C=O) groups is 3. The number of rotatable bonds is 7. The average Bonchev–Trinajstić information content (AvgIpc) is 2.27. The molecule has 0 fully saturated rings. The molecule has 0 saturated carbocycles. The molecule has 0 aliphatic rings. The van der Waals surface area contributed by atoms with Crippen molar-refractivity contribution in [2.45, 2.75) is 44.8 Å². The summed E-state index contributed by atoms with van der Waals surface area (Å²) in [6.07, 6.45) is -0.773. The van der Waals surface area contributed by atoms with E-state index in [0.717, 1.165) is 19.3 Å². The number of aliphatic hydroxyl groups is 2. The molecule has 0 radical (unpaired) electrons. The number of nitrogens with two attached hydrogens (primary N) is 1. The van der Waals surface area contributed by atoms with Gasteiger partial charge in [-0.25, -0.2) is 9.59 Å². The van der Waals surface area contributed by atoms with Crippen molar-refractivity contribution in [1.82, 2.24) is 0 Å². The summed E-state index contributed by atoms with van der Waals surface area (Å²) >= 11 is 0. The van der Waals surface area contributed by atoms with Crippen molar-refractivity contribution in [2.75, 3.05) is 0 Å². The summed E-state index contributed by atoms with van der Waals surface area (Å²) in [4.78, 5) is 29.6. The Morgan fingerprint density at radius 2 is 1.39 bits per heavy atom. The van der Waals surface area contributed by atoms with Gasteiger partial charge in [-0.2, -0.15) is 0 Å². The van der Waals surface area contributed by atoms with E-state index >= 15 is 0 Å². The first-order chi connectivity index (χ1) is 8.23. The van der Waals surface area contributed by atoms with E-state index in [-0.39, 0.29) is 5.91 Å². The third-order valence-corrected chi connectivity index (χ3v) is 1.83. The van der Waals surface area contributed by atoms with Gasteiger partial charge in [-0.05, 0) is 6.42 Å². The highest BCUT2D eigenvalue weighted by Crippen LogP contribution is 1.96. The molecule has 0 heterocycles. The van der Waals surface area contributed by atoms with E-state index in [9.17, 15) is 14.4 Å². The fraction of sp³-hybridized carbons (Fsp3) is 0.700. The van der Waals surface area contributed by atoms with E-state index in [0.29, 0.717) is 6.42 Å². The molecule has 0 aliphatic heterocycles. The fourth-order valence-electron chi connectivity index (χ4n) is 0.819. The monoisotopic (exact) mass is 265 g/mol. The summed E-state index contributed by atoms with van der Waals surface area (Å²) in [5, 5.41) is 32.5. The summed E-state index contributed by atoms with van der Waals surface area (Å²) in [7, 11) is 0. The third kappa shape index (κ3) is 10.8. The summed E-state index contributed by atoms with van der Waals surface area (Å²) in [6.45, 7) is 2.10. The van der Waals surface area contributed by atoms with E-state index in [1.165, 1.54) is 0 Å². The predicted octanol–water partition coefficient (Wildman–Crippen LogP) is -1.07. The molecule has 2 atom stereocenters. The van der Waals surface area contributed by atoms with E-state index < -0.39 is 24.1 Å². The van der Waals surface area contributed by atoms with Crippen molar-refractivity contribution >= 4 is 17.8 Å². The number of carbonyl (C=O) groups excluding carboxylic acids is 1. The zero-order valence-electron chi connectivity index (χ0n) is 10.1. The number of aliphatic hydroxyl groups excluding tert-OH is 2. The van der Waals surface area contributed by atoms with Gasteiger partial charge in [0.2, 0.25) is 5.91 Å². The second-order valence-electron chi connectivity index (χ2n) is 3.49. The Morgan fingerprint density at radius 1 is 1.00 bits per heavy atom. The molecule has 0 aliphatic carbocycles. The van der Waals surface area contributed by atoms with E-state index in [1.807, 2.05) is 0 Å². The molecule has 0 bridgehead atoms. The largest absolute Gasteiger partial charge is 0.479 e. The van der Waals surface area contributed by atoms with Crippen molar-refractivity contribution in [3.05, 3.63) is 0 Å². The molecule has 6 N–H and O–H groups in total. The summed E-state index contributed by atoms with van der Waals surface area (Å²) in [6, 6.07) is 0. The van der Waals surface area contributed by atoms with Crippen LogP contribution in [0.2, 0.25) is 0 Å². The van der Waals surface area contributed by atoms with Gasteiger partial charge in [0.25, 0.3) is 0 Å². The first-order valence-electron chi connectivity index (χ1n) is 5.34. The van der Waals surface area contributed by atoms with Crippen LogP contribution in [0.1, 0.15) is 32.6 Å². The predicted molar refractivity (Wildman–Crippen MR) is 60.6 cm³/mol. The van der Waals surface area contributed by atoms with Gasteiger partial charge in [-0.15, -0.1) is 0 Å². The van der Waals surface area contributed by atoms with Crippen LogP contribution in [0.15, 0.2) is 0 Å². The van der Waals surface area contributed by atoms with Gasteiger partial charge in [-0.1, -0.05) is 19.8 Å². The number of carboxylic acid groups (broad SMARTS) is 2. The van der Waals surface area contributed by atoms with Gasteiger partial charge in [0.1, 0.15) is 0 Å². The van der Waals surface area contributed by atoms with Crippen LogP contribution in [0.25, 0.3) is 0 Å². The maximum atomic E-state index is 10.1. The summed E-state index contributed by atoms with van der Waals surface area (Å²) < 4.78 is 0. The minimum absolute atomic E-state index is 0.182. The summed E-state index contributed by atoms with van der Waals surface area (Å²) in [5.74, 6) is -3.72. The first kappa shape index (κ1) is 18.7. The Kier molecular flexibility index (Phi) is 10.9. The lowest BCUT2D eigenvalue weighted by Crippen LogP contribution is -2.39. The van der Waals surface area contributed by atoms with Crippen LogP contribution in [-0.4, -0.2) is 50.5 Å². The summed E-state index contributed by atoms with van der Waals surface area (Å²) in [5.41, 5.74) is 4.89. The van der Waals surface area contributed by atoms with Crippen LogP contribution in [0.3, 0.4) is 0 Å². The number of amides is 1. The number of unbranched alkanes of at least 4 members (excludes halogenated alkanes) is 2. The van der Waals surface area contributed by atoms with Crippen LogP contribution in [0, 0.1) is 0 Å². The quantitative estimate of drug-likeness (QED) is 0.366. The van der Waals surface area contributed by atoms with Gasteiger partial charge in [0, 0.05) is 6.42 Å². The number of primary amides is 1. The molecule has 1 amide bonds. The van der Waals surface area contributed by atoms with Crippen LogP contribution in [0.4, 0.5) is 0 Å². The van der Waals surface area contributed by atoms with Crippen LogP contribution < -0.4 is 5.73 Å². The number of hydrogen-bond acceptors (Lipinski definition) is 5. The Balaban J connectivity index is 0. The van der Waals surface area contributed by atoms with Gasteiger partial charge in [-0.3, -0.25) is 4.79 Å². The Labute approximate surface area is 104 Å². The second-order valence-corrected chi connectivity index (χ2v) is 3.49. The molecular weight excluding hydrogens is 246 g/mol. The zero-order chi connectivity index (χ0) is 14.7. The first-order valence-corrected chi connectivity index (χ1v) is 5.34. The smallest absolute Gasteiger partial charge is 0.335 e. The Morgan fingerprint density at radius 3 is 1.61 bits per heavy atom. The lowest BCUT2D eigenvalue weighted by atomic mass is 10.2. The van der Waals surface area contributed by atoms with Gasteiger partial charge >= 0.3 is 11.9 Å². The topological polar surface area (TPSA) is 158 Å². The Bertz CT molecular complexity index is 261. The lowest BCUT2D eigenvalue weighted by molar-refractivity contribution is -0.165. The standard InChI is InChI=1S/C6H13NO.C4H6O6/c1-2-3-4-5-6(7)8;5-1(3(7)8)2(6)4(9)10/h2-5H2,1H3,(H2,7,8);1-2,5-6H,(H,7,8)(H,9,10). The van der Waals surface area contributed by atoms with Gasteiger partial charge in [0.15, 0.2) is 12.2 Å². The normalized spacial score (nSPS) is 12.8. The molecule has 0 saturated heterocycles. The molecular formula is C10H19NO7. The molecule has 0 aromatic heterocycles. The second kappa shape index (κ2) is 10.5. The fourth-order valence-corrected chi connectivity index (χ4v) is 0.819. The highest BCUT2D eigenvalue weighted by atomic mass is 16.4. The lowest BCUT2D eigenvalue weighted by Gasteiger charge is -2.07. The van der Waals surface area contributed by atoms with Crippen molar-refractivity contribution in [3.8, 4) is 0 Å². The van der Waals surface area contributed by atoms with E-state index in [2.05, 4.69) is 6.92 Å². The molecule has 0 rings (SSSR count). The van der Waals surface area contributed by atoms with Crippen molar-refractivity contribution < 1.29 is 34.8 Å². The molecule has 0 aromatic carbocycles. The molecule has 0 aromatic rings. The minimum Gasteiger partial charge on any atom is -0.479 e. The maximum absolute atomic E-state index is 10.1. The minimum atomic E-state index is -2.27. The molecule has 8 nitrogen and oxygen atoms in total. The molecule has 8 heteroatoms. The SMILES string of the molecule is CCCCCC(N)=O.O=C(O)C(O)C(O)C(=O)O. The van der Waals surface area contributed by atoms with Gasteiger partial charge in [0.05, 0.1) is 0 Å². The Hall–Kier alpha value is -1.67. The number of carboxylic acids is 2. The van der Waals surface area contributed by atoms with E-state index in [1.54, 1.807) is 0 Å².